The molecule has 4 rings (SSSR count). The number of amides is 1. The van der Waals surface area contributed by atoms with E-state index < -0.39 is 0 Å². The lowest BCUT2D eigenvalue weighted by atomic mass is 10.2. The molecule has 6 nitrogen and oxygen atoms in total. The number of hydrogen-bond acceptors (Lipinski definition) is 4. The van der Waals surface area contributed by atoms with Gasteiger partial charge in [0.15, 0.2) is 11.5 Å². The fraction of sp³-hybridized carbons (Fsp3) is 0.125. The summed E-state index contributed by atoms with van der Waals surface area (Å²) in [6.07, 6.45) is 5.32. The van der Waals surface area contributed by atoms with Crippen LogP contribution >= 0.6 is 0 Å². The molecule has 1 aromatic carbocycles. The van der Waals surface area contributed by atoms with Crippen molar-refractivity contribution in [1.82, 2.24) is 9.38 Å². The first-order valence-electron chi connectivity index (χ1n) is 6.94. The van der Waals surface area contributed by atoms with Gasteiger partial charge in [-0.1, -0.05) is 0 Å². The van der Waals surface area contributed by atoms with Crippen LogP contribution in [0, 0.1) is 0 Å². The molecule has 110 valence electrons. The van der Waals surface area contributed by atoms with Gasteiger partial charge in [-0.2, -0.15) is 0 Å². The fourth-order valence-corrected chi connectivity index (χ4v) is 2.45. The van der Waals surface area contributed by atoms with Crippen molar-refractivity contribution < 1.29 is 14.3 Å². The van der Waals surface area contributed by atoms with E-state index in [0.29, 0.717) is 41.6 Å². The summed E-state index contributed by atoms with van der Waals surface area (Å²) >= 11 is 0. The first-order chi connectivity index (χ1) is 10.8. The lowest BCUT2D eigenvalue weighted by molar-refractivity contribution is 0.102. The molecule has 0 bridgehead atoms. The number of fused-ring (bicyclic) bond motifs is 2. The van der Waals surface area contributed by atoms with Gasteiger partial charge in [-0.3, -0.25) is 4.79 Å². The number of carbonyl (C=O) groups excluding carboxylic acids is 1. The number of anilines is 1. The molecule has 0 unspecified atom stereocenters. The second-order valence-electron chi connectivity index (χ2n) is 4.89. The summed E-state index contributed by atoms with van der Waals surface area (Å²) < 4.78 is 12.8. The predicted molar refractivity (Wildman–Crippen MR) is 80.6 cm³/mol. The molecule has 3 aromatic rings. The lowest BCUT2D eigenvalue weighted by Crippen LogP contribution is -2.16. The number of ether oxygens (including phenoxy) is 2. The van der Waals surface area contributed by atoms with Gasteiger partial charge in [0.1, 0.15) is 18.9 Å². The Kier molecular flexibility index (Phi) is 2.93. The van der Waals surface area contributed by atoms with Gasteiger partial charge in [0, 0.05) is 30.3 Å². The maximum Gasteiger partial charge on any atom is 0.259 e. The topological polar surface area (TPSA) is 64.9 Å². The van der Waals surface area contributed by atoms with E-state index in [1.54, 1.807) is 41.1 Å². The van der Waals surface area contributed by atoms with Crippen molar-refractivity contribution in [3.8, 4) is 11.5 Å². The minimum atomic E-state index is -0.214. The number of aromatic nitrogens is 2. The van der Waals surface area contributed by atoms with Crippen molar-refractivity contribution >= 4 is 17.2 Å². The van der Waals surface area contributed by atoms with E-state index in [1.807, 2.05) is 12.3 Å². The van der Waals surface area contributed by atoms with Crippen molar-refractivity contribution in [1.29, 1.82) is 0 Å². The van der Waals surface area contributed by atoms with E-state index in [9.17, 15) is 4.79 Å². The Bertz CT molecular complexity index is 857. The molecule has 1 amide bonds. The normalized spacial score (nSPS) is 13.1. The summed E-state index contributed by atoms with van der Waals surface area (Å²) in [4.78, 5) is 16.7. The number of pyridine rings is 1. The highest BCUT2D eigenvalue weighted by atomic mass is 16.6. The Morgan fingerprint density at radius 3 is 2.91 bits per heavy atom. The molecule has 0 saturated carbocycles. The summed E-state index contributed by atoms with van der Waals surface area (Å²) in [5.41, 5.74) is 1.79. The quantitative estimate of drug-likeness (QED) is 0.788. The van der Waals surface area contributed by atoms with Crippen molar-refractivity contribution in [3.05, 3.63) is 54.5 Å². The van der Waals surface area contributed by atoms with Crippen LogP contribution < -0.4 is 14.8 Å². The van der Waals surface area contributed by atoms with Crippen LogP contribution in [-0.4, -0.2) is 28.5 Å². The number of nitrogens with zero attached hydrogens (tertiary/aromatic N) is 2. The molecule has 0 aliphatic carbocycles. The van der Waals surface area contributed by atoms with E-state index in [1.165, 1.54) is 0 Å². The smallest absolute Gasteiger partial charge is 0.259 e. The summed E-state index contributed by atoms with van der Waals surface area (Å²) in [6.45, 7) is 1.05. The third-order valence-electron chi connectivity index (χ3n) is 3.46. The van der Waals surface area contributed by atoms with Crippen LogP contribution in [0.2, 0.25) is 0 Å². The third kappa shape index (κ3) is 2.14. The van der Waals surface area contributed by atoms with Crippen molar-refractivity contribution in [3.63, 3.8) is 0 Å². The van der Waals surface area contributed by atoms with E-state index >= 15 is 0 Å². The fourth-order valence-electron chi connectivity index (χ4n) is 2.45. The number of nitrogens with one attached hydrogen (secondary N) is 1. The predicted octanol–water partition coefficient (Wildman–Crippen LogP) is 2.36. The zero-order valence-corrected chi connectivity index (χ0v) is 11.7. The van der Waals surface area contributed by atoms with Crippen LogP contribution in [0.1, 0.15) is 10.4 Å². The van der Waals surface area contributed by atoms with Crippen LogP contribution in [0.15, 0.2) is 48.9 Å². The number of hydrogen-bond donors (Lipinski definition) is 1. The average Bonchev–Trinajstić information content (AvgIpc) is 3.03. The van der Waals surface area contributed by atoms with E-state index in [-0.39, 0.29) is 5.91 Å². The molecular formula is C16H13N3O3. The minimum Gasteiger partial charge on any atom is -0.486 e. The summed E-state index contributed by atoms with van der Waals surface area (Å²) in [6, 6.07) is 8.90. The van der Waals surface area contributed by atoms with Crippen molar-refractivity contribution in [2.24, 2.45) is 0 Å². The van der Waals surface area contributed by atoms with Gasteiger partial charge >= 0.3 is 0 Å². The molecule has 1 aliphatic heterocycles. The summed E-state index contributed by atoms with van der Waals surface area (Å²) in [7, 11) is 0. The number of carbonyl (C=O) groups is 1. The zero-order chi connectivity index (χ0) is 14.9. The Morgan fingerprint density at radius 1 is 1.14 bits per heavy atom. The lowest BCUT2D eigenvalue weighted by Gasteiger charge is -2.19. The second kappa shape index (κ2) is 5.07. The molecule has 2 aromatic heterocycles. The molecule has 0 atom stereocenters. The highest BCUT2D eigenvalue weighted by Crippen LogP contribution is 2.32. The minimum absolute atomic E-state index is 0.214. The van der Waals surface area contributed by atoms with Gasteiger partial charge < -0.3 is 19.2 Å². The molecule has 1 N–H and O–H groups in total. The molecular weight excluding hydrogens is 282 g/mol. The summed E-state index contributed by atoms with van der Waals surface area (Å²) in [5, 5.41) is 2.86. The maximum atomic E-state index is 12.5. The molecule has 3 heterocycles. The summed E-state index contributed by atoms with van der Waals surface area (Å²) in [5.74, 6) is 1.12. The van der Waals surface area contributed by atoms with Crippen molar-refractivity contribution in [2.45, 2.75) is 0 Å². The number of benzene rings is 1. The van der Waals surface area contributed by atoms with Crippen LogP contribution in [0.5, 0.6) is 11.5 Å². The van der Waals surface area contributed by atoms with Gasteiger partial charge in [0.25, 0.3) is 5.91 Å². The second-order valence-corrected chi connectivity index (χ2v) is 4.89. The average molecular weight is 295 g/mol. The van der Waals surface area contributed by atoms with E-state index in [4.69, 9.17) is 9.47 Å². The van der Waals surface area contributed by atoms with Crippen LogP contribution in [0.4, 0.5) is 5.69 Å². The van der Waals surface area contributed by atoms with E-state index in [2.05, 4.69) is 10.3 Å². The SMILES string of the molecule is O=C(Nc1ccc2c(c1)OCCO2)c1cccn2ccnc12. The first kappa shape index (κ1) is 12.7. The highest BCUT2D eigenvalue weighted by Gasteiger charge is 2.15. The molecule has 6 heteroatoms. The van der Waals surface area contributed by atoms with Gasteiger partial charge in [-0.25, -0.2) is 4.98 Å². The third-order valence-corrected chi connectivity index (χ3v) is 3.46. The number of rotatable bonds is 2. The standard InChI is InChI=1S/C16H13N3O3/c20-16(12-2-1-6-19-7-5-17-15(12)19)18-11-3-4-13-14(10-11)22-9-8-21-13/h1-7,10H,8-9H2,(H,18,20). The van der Waals surface area contributed by atoms with Gasteiger partial charge in [-0.15, -0.1) is 0 Å². The Balaban J connectivity index is 1.63. The molecule has 0 radical (unpaired) electrons. The Morgan fingerprint density at radius 2 is 2.00 bits per heavy atom. The molecule has 0 fully saturated rings. The van der Waals surface area contributed by atoms with Crippen LogP contribution in [-0.2, 0) is 0 Å². The van der Waals surface area contributed by atoms with E-state index in [0.717, 1.165) is 0 Å². The van der Waals surface area contributed by atoms with Crippen LogP contribution in [0.3, 0.4) is 0 Å². The molecule has 22 heavy (non-hydrogen) atoms. The molecule has 0 saturated heterocycles. The van der Waals surface area contributed by atoms with Gasteiger partial charge in [0.2, 0.25) is 0 Å². The first-order valence-corrected chi connectivity index (χ1v) is 6.94. The van der Waals surface area contributed by atoms with Gasteiger partial charge in [-0.05, 0) is 24.3 Å². The Labute approximate surface area is 126 Å². The highest BCUT2D eigenvalue weighted by molar-refractivity contribution is 6.08. The van der Waals surface area contributed by atoms with Crippen LogP contribution in [0.25, 0.3) is 5.65 Å². The molecule has 0 spiro atoms. The van der Waals surface area contributed by atoms with Gasteiger partial charge in [0.05, 0.1) is 5.56 Å². The largest absolute Gasteiger partial charge is 0.486 e. The zero-order valence-electron chi connectivity index (χ0n) is 11.7. The Hall–Kier alpha value is -3.02. The number of imidazole rings is 1. The molecule has 1 aliphatic rings. The maximum absolute atomic E-state index is 12.5. The van der Waals surface area contributed by atoms with Crippen molar-refractivity contribution in [2.75, 3.05) is 18.5 Å². The monoisotopic (exact) mass is 295 g/mol.